The van der Waals surface area contributed by atoms with Gasteiger partial charge in [-0.05, 0) is 32.8 Å². The number of ether oxygens (including phenoxy) is 1. The topological polar surface area (TPSA) is 98.5 Å². The molecule has 0 radical (unpaired) electrons. The molecule has 8 heteroatoms. The van der Waals surface area contributed by atoms with Crippen LogP contribution in [-0.2, 0) is 14.8 Å². The predicted molar refractivity (Wildman–Crippen MR) is 76.4 cm³/mol. The van der Waals surface area contributed by atoms with Gasteiger partial charge in [-0.25, -0.2) is 13.6 Å². The number of nitrogens with one attached hydrogen (secondary N) is 1. The number of thiophene rings is 1. The molecule has 0 aliphatic carbocycles. The van der Waals surface area contributed by atoms with Crippen LogP contribution >= 0.6 is 11.3 Å². The lowest BCUT2D eigenvalue weighted by atomic mass is 9.95. The van der Waals surface area contributed by atoms with E-state index in [1.54, 1.807) is 6.92 Å². The highest BCUT2D eigenvalue weighted by atomic mass is 32.2. The smallest absolute Gasteiger partial charge is 0.261 e. The highest BCUT2D eigenvalue weighted by Gasteiger charge is 2.30. The summed E-state index contributed by atoms with van der Waals surface area (Å²) in [7, 11) is -3.79. The summed E-state index contributed by atoms with van der Waals surface area (Å²) in [6.45, 7) is 4.72. The van der Waals surface area contributed by atoms with Gasteiger partial charge in [-0.15, -0.1) is 11.3 Å². The maximum atomic E-state index is 12.2. The maximum absolute atomic E-state index is 12.2. The first-order valence-electron chi connectivity index (χ1n) is 6.25. The van der Waals surface area contributed by atoms with E-state index >= 15 is 0 Å². The first-order chi connectivity index (χ1) is 9.21. The Bertz CT molecular complexity index is 615. The molecule has 6 nitrogen and oxygen atoms in total. The third-order valence-corrected chi connectivity index (χ3v) is 5.47. The number of hydrogen-bond donors (Lipinski definition) is 2. The molecule has 1 aliphatic heterocycles. The zero-order valence-corrected chi connectivity index (χ0v) is 13.1. The minimum absolute atomic E-state index is 0.0118. The summed E-state index contributed by atoms with van der Waals surface area (Å²) >= 11 is 1.12. The number of carbonyl (C=O) groups excluding carboxylic acids is 1. The monoisotopic (exact) mass is 318 g/mol. The van der Waals surface area contributed by atoms with Crippen LogP contribution in [0.4, 0.5) is 0 Å². The molecular formula is C12H18N2O4S2. The van der Waals surface area contributed by atoms with Crippen molar-refractivity contribution in [2.75, 3.05) is 13.2 Å². The number of aryl methyl sites for hydroxylation is 1. The Balaban J connectivity index is 2.18. The Morgan fingerprint density at radius 3 is 2.75 bits per heavy atom. The number of sulfonamides is 1. The highest BCUT2D eigenvalue weighted by Crippen LogP contribution is 2.26. The van der Waals surface area contributed by atoms with Crippen LogP contribution in [0.15, 0.2) is 11.0 Å². The first kappa shape index (κ1) is 15.4. The van der Waals surface area contributed by atoms with Crippen molar-refractivity contribution in [2.45, 2.75) is 37.1 Å². The minimum Gasteiger partial charge on any atom is -0.379 e. The molecule has 1 aromatic heterocycles. The lowest BCUT2D eigenvalue weighted by Gasteiger charge is -2.34. The van der Waals surface area contributed by atoms with E-state index in [4.69, 9.17) is 9.88 Å². The first-order valence-corrected chi connectivity index (χ1v) is 8.61. The average molecular weight is 318 g/mol. The average Bonchev–Trinajstić information content (AvgIpc) is 2.71. The van der Waals surface area contributed by atoms with Crippen LogP contribution in [0.3, 0.4) is 0 Å². The van der Waals surface area contributed by atoms with Crippen LogP contribution in [0.5, 0.6) is 0 Å². The van der Waals surface area contributed by atoms with Gasteiger partial charge in [0.2, 0.25) is 10.0 Å². The van der Waals surface area contributed by atoms with Gasteiger partial charge in [-0.2, -0.15) is 0 Å². The van der Waals surface area contributed by atoms with Crippen molar-refractivity contribution in [3.05, 3.63) is 15.8 Å². The number of hydrogen-bond acceptors (Lipinski definition) is 5. The molecule has 112 valence electrons. The van der Waals surface area contributed by atoms with Crippen LogP contribution in [0.1, 0.15) is 34.3 Å². The molecule has 0 bridgehead atoms. The molecule has 1 aromatic rings. The Morgan fingerprint density at radius 1 is 1.55 bits per heavy atom. The fraction of sp³-hybridized carbons (Fsp3) is 0.583. The van der Waals surface area contributed by atoms with Gasteiger partial charge in [-0.3, -0.25) is 4.79 Å². The Labute approximate surface area is 122 Å². The van der Waals surface area contributed by atoms with Crippen LogP contribution in [0, 0.1) is 6.92 Å². The Hall–Kier alpha value is -0.960. The summed E-state index contributed by atoms with van der Waals surface area (Å²) in [5, 5.41) is 8.02. The largest absolute Gasteiger partial charge is 0.379 e. The third kappa shape index (κ3) is 3.38. The van der Waals surface area contributed by atoms with E-state index in [1.165, 1.54) is 6.07 Å². The summed E-state index contributed by atoms with van der Waals surface area (Å²) < 4.78 is 28.1. The normalized spacial score (nSPS) is 23.6. The molecular weight excluding hydrogens is 300 g/mol. The number of carbonyl (C=O) groups is 1. The summed E-state index contributed by atoms with van der Waals surface area (Å²) in [6.07, 6.45) is 1.73. The number of rotatable bonds is 3. The molecule has 1 saturated heterocycles. The summed E-state index contributed by atoms with van der Waals surface area (Å²) in [4.78, 5) is 13.1. The molecule has 1 amide bonds. The van der Waals surface area contributed by atoms with Crippen molar-refractivity contribution < 1.29 is 17.9 Å². The highest BCUT2D eigenvalue weighted by molar-refractivity contribution is 7.89. The van der Waals surface area contributed by atoms with E-state index in [0.717, 1.165) is 24.2 Å². The second-order valence-corrected chi connectivity index (χ2v) is 8.03. The van der Waals surface area contributed by atoms with Crippen LogP contribution in [0.25, 0.3) is 0 Å². The van der Waals surface area contributed by atoms with Crippen LogP contribution in [0.2, 0.25) is 0 Å². The number of nitrogens with two attached hydrogens (primary N) is 1. The molecule has 2 rings (SSSR count). The molecule has 0 spiro atoms. The summed E-state index contributed by atoms with van der Waals surface area (Å²) in [5.74, 6) is -0.291. The standard InChI is InChI=1S/C12H18N2O4S2/c1-8-10(20(13,16)17)6-9(19-8)11(15)14-12(2)4-3-5-18-7-12/h6H,3-5,7H2,1-2H3,(H,14,15)(H2,13,16,17). The van der Waals surface area contributed by atoms with E-state index in [9.17, 15) is 13.2 Å². The van der Waals surface area contributed by atoms with Crippen LogP contribution < -0.4 is 10.5 Å². The lowest BCUT2D eigenvalue weighted by Crippen LogP contribution is -2.51. The minimum atomic E-state index is -3.79. The van der Waals surface area contributed by atoms with Crippen molar-refractivity contribution in [1.82, 2.24) is 5.32 Å². The van der Waals surface area contributed by atoms with E-state index in [0.29, 0.717) is 23.0 Å². The van der Waals surface area contributed by atoms with Gasteiger partial charge in [0.1, 0.15) is 0 Å². The van der Waals surface area contributed by atoms with E-state index in [-0.39, 0.29) is 10.8 Å². The molecule has 2 heterocycles. The van der Waals surface area contributed by atoms with Gasteiger partial charge in [0.05, 0.1) is 21.9 Å². The van der Waals surface area contributed by atoms with Crippen LogP contribution in [-0.4, -0.2) is 33.1 Å². The Kier molecular flexibility index (Phi) is 4.19. The van der Waals surface area contributed by atoms with Crippen molar-refractivity contribution in [3.8, 4) is 0 Å². The zero-order valence-electron chi connectivity index (χ0n) is 11.4. The number of amides is 1. The fourth-order valence-electron chi connectivity index (χ4n) is 2.23. The Morgan fingerprint density at radius 2 is 2.25 bits per heavy atom. The molecule has 0 aromatic carbocycles. The molecule has 20 heavy (non-hydrogen) atoms. The van der Waals surface area contributed by atoms with Gasteiger partial charge >= 0.3 is 0 Å². The number of primary sulfonamides is 1. The zero-order chi connectivity index (χ0) is 15.0. The second kappa shape index (κ2) is 5.44. The molecule has 1 atom stereocenters. The summed E-state index contributed by atoms with van der Waals surface area (Å²) in [5.41, 5.74) is -0.408. The van der Waals surface area contributed by atoms with E-state index < -0.39 is 15.6 Å². The summed E-state index contributed by atoms with van der Waals surface area (Å²) in [6, 6.07) is 1.33. The van der Waals surface area contributed by atoms with E-state index in [1.807, 2.05) is 6.92 Å². The third-order valence-electron chi connectivity index (χ3n) is 3.26. The second-order valence-electron chi connectivity index (χ2n) is 5.25. The van der Waals surface area contributed by atoms with Crippen molar-refractivity contribution >= 4 is 27.3 Å². The molecule has 1 aliphatic rings. The maximum Gasteiger partial charge on any atom is 0.261 e. The van der Waals surface area contributed by atoms with Gasteiger partial charge in [-0.1, -0.05) is 0 Å². The van der Waals surface area contributed by atoms with Crippen molar-refractivity contribution in [3.63, 3.8) is 0 Å². The van der Waals surface area contributed by atoms with Gasteiger partial charge in [0.25, 0.3) is 5.91 Å². The molecule has 1 fully saturated rings. The fourth-order valence-corrected chi connectivity index (χ4v) is 4.27. The van der Waals surface area contributed by atoms with Gasteiger partial charge < -0.3 is 10.1 Å². The quantitative estimate of drug-likeness (QED) is 0.868. The molecule has 3 N–H and O–H groups in total. The SMILES string of the molecule is Cc1sc(C(=O)NC2(C)CCCOC2)cc1S(N)(=O)=O. The lowest BCUT2D eigenvalue weighted by molar-refractivity contribution is 0.0274. The predicted octanol–water partition coefficient (Wildman–Crippen LogP) is 1.00. The molecule has 1 unspecified atom stereocenters. The van der Waals surface area contributed by atoms with Crippen molar-refractivity contribution in [1.29, 1.82) is 0 Å². The van der Waals surface area contributed by atoms with E-state index in [2.05, 4.69) is 5.32 Å². The van der Waals surface area contributed by atoms with Gasteiger partial charge in [0.15, 0.2) is 0 Å². The van der Waals surface area contributed by atoms with Gasteiger partial charge in [0, 0.05) is 11.5 Å². The molecule has 0 saturated carbocycles. The van der Waals surface area contributed by atoms with Crippen molar-refractivity contribution in [2.24, 2.45) is 5.14 Å².